The predicted octanol–water partition coefficient (Wildman–Crippen LogP) is 2.10. The second kappa shape index (κ2) is 4.26. The van der Waals surface area contributed by atoms with Gasteiger partial charge in [-0.3, -0.25) is 9.59 Å². The zero-order valence-electron chi connectivity index (χ0n) is 14.7. The van der Waals surface area contributed by atoms with E-state index in [0.29, 0.717) is 30.4 Å². The maximum atomic E-state index is 13.4. The average molecular weight is 344 g/mol. The third-order valence-corrected chi connectivity index (χ3v) is 8.12. The number of Topliss-reactive ketones (excluding diaryl/α,β-unsaturated/α-hetero) is 2. The van der Waals surface area contributed by atoms with Crippen molar-refractivity contribution in [2.24, 2.45) is 28.1 Å². The van der Waals surface area contributed by atoms with E-state index in [1.807, 2.05) is 13.8 Å². The smallest absolute Gasteiger partial charge is 0.206 e. The summed E-state index contributed by atoms with van der Waals surface area (Å²) < 4.78 is 6.04. The van der Waals surface area contributed by atoms with Gasteiger partial charge in [-0.25, -0.2) is 0 Å². The average Bonchev–Trinajstić information content (AvgIpc) is 2.76. The minimum absolute atomic E-state index is 0.0599. The predicted molar refractivity (Wildman–Crippen MR) is 88.7 cm³/mol. The molecule has 134 valence electrons. The van der Waals surface area contributed by atoms with Crippen molar-refractivity contribution in [2.45, 2.75) is 51.7 Å². The van der Waals surface area contributed by atoms with Crippen LogP contribution in [0, 0.1) is 28.1 Å². The molecule has 2 saturated heterocycles. The van der Waals surface area contributed by atoms with Crippen LogP contribution in [0.15, 0.2) is 23.5 Å². The molecular weight excluding hydrogens is 320 g/mol. The molecule has 2 heterocycles. The Morgan fingerprint density at radius 1 is 1.24 bits per heavy atom. The number of aliphatic hydroxyl groups is 2. The minimum Gasteiger partial charge on any atom is -0.504 e. The molecule has 0 aromatic rings. The molecule has 5 nitrogen and oxygen atoms in total. The summed E-state index contributed by atoms with van der Waals surface area (Å²) in [4.78, 5) is 26.6. The highest BCUT2D eigenvalue weighted by molar-refractivity contribution is 6.06. The normalized spacial score (nSPS) is 50.1. The first-order valence-electron chi connectivity index (χ1n) is 9.19. The number of carbonyl (C=O) groups excluding carboxylic acids is 2. The van der Waals surface area contributed by atoms with Crippen LogP contribution in [0.5, 0.6) is 0 Å². The van der Waals surface area contributed by atoms with Crippen molar-refractivity contribution in [3.63, 3.8) is 0 Å². The Hall–Kier alpha value is -1.46. The van der Waals surface area contributed by atoms with Crippen molar-refractivity contribution in [3.05, 3.63) is 23.5 Å². The Bertz CT molecular complexity index is 777. The highest BCUT2D eigenvalue weighted by Gasteiger charge is 2.75. The number of ketones is 2. The molecule has 4 aliphatic carbocycles. The third kappa shape index (κ3) is 1.40. The molecule has 2 N–H and O–H groups in total. The molecule has 0 radical (unpaired) electrons. The monoisotopic (exact) mass is 344 g/mol. The molecule has 0 aromatic heterocycles. The van der Waals surface area contributed by atoms with Crippen LogP contribution in [0.25, 0.3) is 0 Å². The Morgan fingerprint density at radius 3 is 2.64 bits per heavy atom. The highest BCUT2D eigenvalue weighted by atomic mass is 16.5. The highest BCUT2D eigenvalue weighted by Crippen LogP contribution is 2.71. The molecule has 5 fully saturated rings. The van der Waals surface area contributed by atoms with Gasteiger partial charge >= 0.3 is 0 Å². The Balaban J connectivity index is 1.84. The molecule has 6 aliphatic rings. The van der Waals surface area contributed by atoms with Gasteiger partial charge in [0.05, 0.1) is 29.6 Å². The van der Waals surface area contributed by atoms with E-state index in [0.717, 1.165) is 6.42 Å². The molecule has 2 aliphatic heterocycles. The molecule has 0 aromatic carbocycles. The van der Waals surface area contributed by atoms with Gasteiger partial charge < -0.3 is 14.9 Å². The molecule has 6 rings (SSSR count). The van der Waals surface area contributed by atoms with Gasteiger partial charge in [-0.15, -0.1) is 0 Å². The molecule has 5 heteroatoms. The SMILES string of the molecule is C=C1[C@@H]2CC[C@H]3[C@]45CO[C@H](CC4=O)C(C)(C)C5=C(O)C(=O)[C@]3(C2)[C@@H]1O. The summed E-state index contributed by atoms with van der Waals surface area (Å²) in [5, 5.41) is 21.9. The standard InChI is InChI=1S/C20H24O5/c1-9-10-4-5-11-19(7-10,16(9)23)17(24)14(22)15-18(2,3)13-6-12(21)20(11,15)8-25-13/h10-11,13,16,22-23H,1,4-8H2,2-3H3/t10-,11-,13-,16-,19+,20-/m1/s1. The van der Waals surface area contributed by atoms with Crippen LogP contribution < -0.4 is 0 Å². The zero-order chi connectivity index (χ0) is 17.9. The van der Waals surface area contributed by atoms with Gasteiger partial charge in [-0.1, -0.05) is 20.4 Å². The van der Waals surface area contributed by atoms with Gasteiger partial charge in [-0.2, -0.15) is 0 Å². The first kappa shape index (κ1) is 15.8. The lowest BCUT2D eigenvalue weighted by Crippen LogP contribution is -2.69. The summed E-state index contributed by atoms with van der Waals surface area (Å²) in [7, 11) is 0. The maximum Gasteiger partial charge on any atom is 0.206 e. The van der Waals surface area contributed by atoms with Crippen LogP contribution in [0.4, 0.5) is 0 Å². The Labute approximate surface area is 146 Å². The van der Waals surface area contributed by atoms with Crippen LogP contribution >= 0.6 is 0 Å². The second-order valence-corrected chi connectivity index (χ2v) is 9.22. The summed E-state index contributed by atoms with van der Waals surface area (Å²) >= 11 is 0. The zero-order valence-corrected chi connectivity index (χ0v) is 14.7. The van der Waals surface area contributed by atoms with Crippen molar-refractivity contribution in [2.75, 3.05) is 6.61 Å². The maximum absolute atomic E-state index is 13.4. The van der Waals surface area contributed by atoms with E-state index in [9.17, 15) is 19.8 Å². The van der Waals surface area contributed by atoms with Crippen molar-refractivity contribution < 1.29 is 24.5 Å². The lowest BCUT2D eigenvalue weighted by Gasteiger charge is -2.63. The quantitative estimate of drug-likeness (QED) is 0.658. The van der Waals surface area contributed by atoms with E-state index in [1.165, 1.54) is 0 Å². The van der Waals surface area contributed by atoms with E-state index in [2.05, 4.69) is 6.58 Å². The molecule has 0 amide bonds. The van der Waals surface area contributed by atoms with Crippen LogP contribution in [0.2, 0.25) is 0 Å². The fourth-order valence-electron chi connectivity index (χ4n) is 6.96. The van der Waals surface area contributed by atoms with E-state index in [4.69, 9.17) is 4.74 Å². The first-order chi connectivity index (χ1) is 11.7. The van der Waals surface area contributed by atoms with Crippen LogP contribution in [0.1, 0.15) is 39.5 Å². The van der Waals surface area contributed by atoms with Gasteiger partial charge in [0.1, 0.15) is 5.78 Å². The molecule has 4 bridgehead atoms. The van der Waals surface area contributed by atoms with E-state index >= 15 is 0 Å². The van der Waals surface area contributed by atoms with Crippen LogP contribution in [-0.4, -0.2) is 40.6 Å². The number of hydrogen-bond donors (Lipinski definition) is 2. The number of hydrogen-bond acceptors (Lipinski definition) is 5. The van der Waals surface area contributed by atoms with Crippen molar-refractivity contribution >= 4 is 11.6 Å². The number of fused-ring (bicyclic) bond motifs is 3. The van der Waals surface area contributed by atoms with Crippen molar-refractivity contribution in [1.29, 1.82) is 0 Å². The number of rotatable bonds is 0. The third-order valence-electron chi connectivity index (χ3n) is 8.12. The van der Waals surface area contributed by atoms with Gasteiger partial charge in [0, 0.05) is 11.8 Å². The largest absolute Gasteiger partial charge is 0.504 e. The molecule has 3 saturated carbocycles. The number of allylic oxidation sites excluding steroid dienone is 1. The topological polar surface area (TPSA) is 83.8 Å². The van der Waals surface area contributed by atoms with E-state index in [1.54, 1.807) is 0 Å². The second-order valence-electron chi connectivity index (χ2n) is 9.22. The summed E-state index contributed by atoms with van der Waals surface area (Å²) in [5.74, 6) is -0.856. The Kier molecular flexibility index (Phi) is 2.69. The van der Waals surface area contributed by atoms with Gasteiger partial charge in [-0.05, 0) is 42.2 Å². The Morgan fingerprint density at radius 2 is 1.96 bits per heavy atom. The number of ether oxygens (including phenoxy) is 1. The summed E-state index contributed by atoms with van der Waals surface area (Å²) in [6, 6.07) is 0. The van der Waals surface area contributed by atoms with Gasteiger partial charge in [0.15, 0.2) is 5.76 Å². The molecular formula is C20H24O5. The molecule has 0 unspecified atom stereocenters. The van der Waals surface area contributed by atoms with E-state index in [-0.39, 0.29) is 41.9 Å². The van der Waals surface area contributed by atoms with Crippen LogP contribution in [0.3, 0.4) is 0 Å². The minimum atomic E-state index is -1.12. The summed E-state index contributed by atoms with van der Waals surface area (Å²) in [5.41, 5.74) is -1.41. The fourth-order valence-corrected chi connectivity index (χ4v) is 6.96. The molecule has 25 heavy (non-hydrogen) atoms. The first-order valence-corrected chi connectivity index (χ1v) is 9.19. The lowest BCUT2D eigenvalue weighted by atomic mass is 9.41. The van der Waals surface area contributed by atoms with Crippen LogP contribution in [-0.2, 0) is 14.3 Å². The fraction of sp³-hybridized carbons (Fsp3) is 0.700. The lowest BCUT2D eigenvalue weighted by molar-refractivity contribution is -0.199. The number of carbonyl (C=O) groups is 2. The summed E-state index contributed by atoms with van der Waals surface area (Å²) in [6.07, 6.45) is 0.992. The molecule has 6 atom stereocenters. The van der Waals surface area contributed by atoms with E-state index < -0.39 is 22.3 Å². The summed E-state index contributed by atoms with van der Waals surface area (Å²) in [6.45, 7) is 8.13. The van der Waals surface area contributed by atoms with Crippen molar-refractivity contribution in [3.8, 4) is 0 Å². The van der Waals surface area contributed by atoms with Gasteiger partial charge in [0.25, 0.3) is 0 Å². The van der Waals surface area contributed by atoms with Crippen molar-refractivity contribution in [1.82, 2.24) is 0 Å². The molecule has 2 spiro atoms. The van der Waals surface area contributed by atoms with Gasteiger partial charge in [0.2, 0.25) is 5.78 Å². The number of aliphatic hydroxyl groups excluding tert-OH is 2.